The predicted molar refractivity (Wildman–Crippen MR) is 183 cm³/mol. The number of hydrogen-bond acceptors (Lipinski definition) is 1. The van der Waals surface area contributed by atoms with Crippen LogP contribution in [0.5, 0.6) is 0 Å². The van der Waals surface area contributed by atoms with E-state index in [-0.39, 0.29) is 50.3 Å². The molecule has 1 heteroatoms. The SMILES string of the molecule is [2H]c1c([2H])c([2H])c(-c2c3c([2H])c([2H])c([2H])c([2H])c3c(-c3ccc4c(c3)oc3ccccc34)c3c([2H])c(-c4ccc5ccccc5c4)c([2H])c([2H])c23)c([2H])c1[2H]. The summed E-state index contributed by atoms with van der Waals surface area (Å²) in [7, 11) is 0. The number of furan rings is 1. The molecule has 0 fully saturated rings. The van der Waals surface area contributed by atoms with E-state index >= 15 is 0 Å². The Bertz CT molecular complexity index is 3160. The Balaban J connectivity index is 1.58. The van der Waals surface area contributed by atoms with Crippen molar-refractivity contribution in [3.8, 4) is 33.4 Å². The Morgan fingerprint density at radius 3 is 1.93 bits per heavy atom. The van der Waals surface area contributed by atoms with Gasteiger partial charge in [-0.1, -0.05) is 127 Å². The van der Waals surface area contributed by atoms with Gasteiger partial charge in [-0.05, 0) is 96.0 Å². The first-order valence-electron chi connectivity index (χ1n) is 19.8. The third-order valence-electron chi connectivity index (χ3n) is 7.96. The summed E-state index contributed by atoms with van der Waals surface area (Å²) in [5.41, 5.74) is 1.50. The highest BCUT2D eigenvalue weighted by molar-refractivity contribution is 6.22. The van der Waals surface area contributed by atoms with Crippen LogP contribution < -0.4 is 0 Å². The fourth-order valence-corrected chi connectivity index (χ4v) is 6.00. The summed E-state index contributed by atoms with van der Waals surface area (Å²) in [5.74, 6) is 0. The van der Waals surface area contributed by atoms with E-state index in [9.17, 15) is 6.85 Å². The van der Waals surface area contributed by atoms with Crippen molar-refractivity contribution < 1.29 is 20.9 Å². The summed E-state index contributed by atoms with van der Waals surface area (Å²) < 4.78 is 115. The molecule has 1 aromatic heterocycles. The first kappa shape index (κ1) is 15.0. The van der Waals surface area contributed by atoms with Crippen LogP contribution in [-0.4, -0.2) is 0 Å². The van der Waals surface area contributed by atoms with E-state index in [0.717, 1.165) is 21.5 Å². The molecular formula is C42H26O. The van der Waals surface area contributed by atoms with Gasteiger partial charge in [-0.2, -0.15) is 0 Å². The van der Waals surface area contributed by atoms with E-state index in [1.54, 1.807) is 18.2 Å². The fraction of sp³-hybridized carbons (Fsp3) is 0. The molecule has 9 rings (SSSR count). The van der Waals surface area contributed by atoms with Crippen LogP contribution in [0, 0.1) is 0 Å². The van der Waals surface area contributed by atoms with Gasteiger partial charge >= 0.3 is 0 Å². The summed E-state index contributed by atoms with van der Waals surface area (Å²) in [6.45, 7) is 0. The Labute approximate surface area is 266 Å². The van der Waals surface area contributed by atoms with Gasteiger partial charge in [0, 0.05) is 10.8 Å². The summed E-state index contributed by atoms with van der Waals surface area (Å²) >= 11 is 0. The summed E-state index contributed by atoms with van der Waals surface area (Å²) in [6, 6.07) is 19.0. The molecule has 0 aliphatic carbocycles. The molecule has 0 bridgehead atoms. The zero-order valence-electron chi connectivity index (χ0n) is 34.5. The second kappa shape index (κ2) is 9.44. The summed E-state index contributed by atoms with van der Waals surface area (Å²) in [5, 5.41) is 2.95. The average molecular weight is 559 g/mol. The third kappa shape index (κ3) is 3.79. The zero-order valence-corrected chi connectivity index (χ0v) is 22.5. The molecule has 8 aromatic carbocycles. The van der Waals surface area contributed by atoms with Crippen LogP contribution in [0.1, 0.15) is 16.4 Å². The minimum atomic E-state index is -0.686. The van der Waals surface area contributed by atoms with Gasteiger partial charge in [0.15, 0.2) is 0 Å². The molecule has 0 amide bonds. The third-order valence-corrected chi connectivity index (χ3v) is 7.96. The normalized spacial score (nSPS) is 15.6. The van der Waals surface area contributed by atoms with Crippen molar-refractivity contribution in [3.05, 3.63) is 157 Å². The van der Waals surface area contributed by atoms with E-state index in [4.69, 9.17) is 14.0 Å². The van der Waals surface area contributed by atoms with Crippen molar-refractivity contribution >= 4 is 54.3 Å². The van der Waals surface area contributed by atoms with E-state index in [1.807, 2.05) is 66.7 Å². The van der Waals surface area contributed by atoms with Crippen LogP contribution in [-0.2, 0) is 0 Å². The topological polar surface area (TPSA) is 13.1 Å². The lowest BCUT2D eigenvalue weighted by molar-refractivity contribution is 0.669. The molecule has 1 heterocycles. The van der Waals surface area contributed by atoms with Crippen LogP contribution in [0.25, 0.3) is 87.6 Å². The van der Waals surface area contributed by atoms with E-state index in [1.165, 1.54) is 0 Å². The van der Waals surface area contributed by atoms with Gasteiger partial charge in [0.2, 0.25) is 0 Å². The lowest BCUT2D eigenvalue weighted by atomic mass is 9.84. The molecule has 0 aliphatic heterocycles. The monoisotopic (exact) mass is 558 g/mol. The molecule has 0 saturated heterocycles. The second-order valence-electron chi connectivity index (χ2n) is 10.4. The Kier molecular flexibility index (Phi) is 3.29. The lowest BCUT2D eigenvalue weighted by Gasteiger charge is -2.19. The van der Waals surface area contributed by atoms with Crippen LogP contribution in [0.4, 0.5) is 0 Å². The van der Waals surface area contributed by atoms with Gasteiger partial charge in [0.25, 0.3) is 0 Å². The molecule has 0 N–H and O–H groups in total. The molecule has 0 saturated carbocycles. The largest absolute Gasteiger partial charge is 0.456 e. The number of hydrogen-bond donors (Lipinski definition) is 0. The molecule has 43 heavy (non-hydrogen) atoms. The van der Waals surface area contributed by atoms with E-state index in [0.29, 0.717) is 22.3 Å². The quantitative estimate of drug-likeness (QED) is 0.197. The molecule has 0 spiro atoms. The standard InChI is InChI=1S/C42H26O/c1-2-11-28(12-3-1)41-35-15-6-7-16-36(35)42(32-21-22-34-33-14-8-9-17-39(33)43-40(34)26-32)38-25-31(20-23-37(38)41)30-19-18-27-10-4-5-13-29(27)24-30/h1-26H/i1D,2D,3D,6D,7D,11D,12D,15D,16D,20D,23D,25D. The van der Waals surface area contributed by atoms with Gasteiger partial charge in [0.1, 0.15) is 11.2 Å². The maximum Gasteiger partial charge on any atom is 0.136 e. The van der Waals surface area contributed by atoms with Crippen LogP contribution in [0.15, 0.2) is 162 Å². The highest BCUT2D eigenvalue weighted by atomic mass is 16.3. The molecule has 200 valence electrons. The Hall–Kier alpha value is -5.66. The number of para-hydroxylation sites is 1. The summed E-state index contributed by atoms with van der Waals surface area (Å²) in [4.78, 5) is 0. The van der Waals surface area contributed by atoms with Crippen LogP contribution in [0.2, 0.25) is 0 Å². The number of fused-ring (bicyclic) bond motifs is 6. The van der Waals surface area contributed by atoms with Gasteiger partial charge in [-0.3, -0.25) is 0 Å². The van der Waals surface area contributed by atoms with E-state index < -0.39 is 66.0 Å². The van der Waals surface area contributed by atoms with Gasteiger partial charge in [-0.25, -0.2) is 0 Å². The Morgan fingerprint density at radius 1 is 0.395 bits per heavy atom. The predicted octanol–water partition coefficient (Wildman–Crippen LogP) is 12.0. The lowest BCUT2D eigenvalue weighted by Crippen LogP contribution is -1.91. The zero-order chi connectivity index (χ0) is 38.8. The molecule has 0 aliphatic rings. The van der Waals surface area contributed by atoms with E-state index in [2.05, 4.69) is 0 Å². The van der Waals surface area contributed by atoms with Gasteiger partial charge in [-0.15, -0.1) is 0 Å². The molecule has 9 aromatic rings. The van der Waals surface area contributed by atoms with Crippen LogP contribution in [0.3, 0.4) is 0 Å². The molecular weight excluding hydrogens is 520 g/mol. The first-order valence-corrected chi connectivity index (χ1v) is 13.8. The maximum atomic E-state index is 9.93. The number of rotatable bonds is 3. The highest BCUT2D eigenvalue weighted by Crippen LogP contribution is 2.45. The molecule has 0 atom stereocenters. The second-order valence-corrected chi connectivity index (χ2v) is 10.4. The number of benzene rings is 8. The van der Waals surface area contributed by atoms with Crippen molar-refractivity contribution in [1.29, 1.82) is 0 Å². The van der Waals surface area contributed by atoms with Crippen molar-refractivity contribution in [2.45, 2.75) is 0 Å². The molecule has 1 nitrogen and oxygen atoms in total. The van der Waals surface area contributed by atoms with Gasteiger partial charge < -0.3 is 4.42 Å². The minimum Gasteiger partial charge on any atom is -0.456 e. The Morgan fingerprint density at radius 2 is 1.07 bits per heavy atom. The fourth-order valence-electron chi connectivity index (χ4n) is 6.00. The highest BCUT2D eigenvalue weighted by Gasteiger charge is 2.18. The minimum absolute atomic E-state index is 0.0129. The van der Waals surface area contributed by atoms with Crippen molar-refractivity contribution in [1.82, 2.24) is 0 Å². The first-order chi connectivity index (χ1) is 26.3. The summed E-state index contributed by atoms with van der Waals surface area (Å²) in [6.07, 6.45) is 0. The van der Waals surface area contributed by atoms with Crippen molar-refractivity contribution in [2.24, 2.45) is 0 Å². The molecule has 0 radical (unpaired) electrons. The molecule has 0 unspecified atom stereocenters. The van der Waals surface area contributed by atoms with Crippen molar-refractivity contribution in [2.75, 3.05) is 0 Å². The average Bonchev–Trinajstić information content (AvgIpc) is 3.57. The van der Waals surface area contributed by atoms with Crippen molar-refractivity contribution in [3.63, 3.8) is 0 Å². The smallest absolute Gasteiger partial charge is 0.136 e. The maximum absolute atomic E-state index is 9.93. The van der Waals surface area contributed by atoms with Crippen LogP contribution >= 0.6 is 0 Å². The van der Waals surface area contributed by atoms with Gasteiger partial charge in [0.05, 0.1) is 16.4 Å².